The minimum Gasteiger partial charge on any atom is -0.497 e. The number of ether oxygens (including phenoxy) is 3. The molecule has 7 rings (SSSR count). The van der Waals surface area contributed by atoms with Gasteiger partial charge >= 0.3 is 0 Å². The number of aliphatic hydroxyl groups is 1. The van der Waals surface area contributed by atoms with Gasteiger partial charge in [0, 0.05) is 24.6 Å². The molecule has 2 heterocycles. The molecule has 4 aromatic carbocycles. The normalized spacial score (nSPS) is 16.2. The Morgan fingerprint density at radius 2 is 1.48 bits per heavy atom. The lowest BCUT2D eigenvalue weighted by Crippen LogP contribution is -2.42. The van der Waals surface area contributed by atoms with E-state index in [9.17, 15) is 14.7 Å². The van der Waals surface area contributed by atoms with Gasteiger partial charge in [-0.25, -0.2) is 4.98 Å². The van der Waals surface area contributed by atoms with Gasteiger partial charge in [0.1, 0.15) is 28.3 Å². The number of fused-ring (bicyclic) bond motifs is 2. The molecule has 1 amide bonds. The summed E-state index contributed by atoms with van der Waals surface area (Å²) in [5.74, 6) is 1.67. The molecule has 0 aromatic heterocycles. The number of amides is 1. The van der Waals surface area contributed by atoms with Crippen LogP contribution in [0, 0.1) is 0 Å². The Labute approximate surface area is 290 Å². The summed E-state index contributed by atoms with van der Waals surface area (Å²) in [7, 11) is 3.26. The largest absolute Gasteiger partial charge is 0.497 e. The Balaban J connectivity index is 1.16. The molecule has 1 aliphatic carbocycles. The van der Waals surface area contributed by atoms with Crippen molar-refractivity contribution < 1.29 is 28.5 Å². The van der Waals surface area contributed by atoms with Crippen molar-refractivity contribution in [3.05, 3.63) is 148 Å². The van der Waals surface area contributed by atoms with Crippen LogP contribution in [0.3, 0.4) is 0 Å². The molecule has 1 N–H and O–H groups in total. The van der Waals surface area contributed by atoms with Crippen molar-refractivity contribution in [3.63, 3.8) is 0 Å². The number of carbonyl (C=O) groups is 1. The number of benzene rings is 5. The molecule has 0 bridgehead atoms. The van der Waals surface area contributed by atoms with Gasteiger partial charge in [-0.15, -0.1) is 0 Å². The second-order valence-corrected chi connectivity index (χ2v) is 12.5. The summed E-state index contributed by atoms with van der Waals surface area (Å²) in [5, 5.41) is 10.8. The molecular formula is C41H38N2O7. The first-order valence-electron chi connectivity index (χ1n) is 16.7. The van der Waals surface area contributed by atoms with E-state index < -0.39 is 17.7 Å². The van der Waals surface area contributed by atoms with Gasteiger partial charge in [-0.1, -0.05) is 66.7 Å². The van der Waals surface area contributed by atoms with Crippen molar-refractivity contribution in [2.75, 3.05) is 27.4 Å². The Morgan fingerprint density at radius 3 is 2.14 bits per heavy atom. The summed E-state index contributed by atoms with van der Waals surface area (Å²) in [6.07, 6.45) is -0.0116. The van der Waals surface area contributed by atoms with Crippen molar-refractivity contribution in [3.8, 4) is 23.0 Å². The van der Waals surface area contributed by atoms with Crippen molar-refractivity contribution in [1.29, 1.82) is 0 Å². The smallest absolute Gasteiger partial charge is 0.223 e. The molecule has 2 aliphatic heterocycles. The molecular weight excluding hydrogens is 632 g/mol. The second-order valence-electron chi connectivity index (χ2n) is 12.5. The summed E-state index contributed by atoms with van der Waals surface area (Å²) < 4.78 is 23.9. The fourth-order valence-electron chi connectivity index (χ4n) is 6.88. The van der Waals surface area contributed by atoms with Crippen LogP contribution in [0.4, 0.5) is 0 Å². The van der Waals surface area contributed by atoms with E-state index in [0.29, 0.717) is 46.0 Å². The number of para-hydroxylation sites is 2. The molecule has 9 heteroatoms. The minimum atomic E-state index is -1.06. The average molecular weight is 671 g/mol. The molecule has 1 saturated heterocycles. The molecule has 0 unspecified atom stereocenters. The van der Waals surface area contributed by atoms with E-state index in [4.69, 9.17) is 18.6 Å². The number of nitrogens with zero attached hydrogens (tertiary/aromatic N) is 2. The molecule has 4 aromatic rings. The summed E-state index contributed by atoms with van der Waals surface area (Å²) in [6.45, 7) is 0.335. The molecule has 50 heavy (non-hydrogen) atoms. The Morgan fingerprint density at radius 1 is 0.860 bits per heavy atom. The van der Waals surface area contributed by atoms with Crippen molar-refractivity contribution in [2.45, 2.75) is 37.0 Å². The number of β-amino-alcohol motifs (C(OH)–C–C–N with tert-alkyl or cyclic N) is 1. The number of aromatic nitrogens is 1. The highest BCUT2D eigenvalue weighted by Crippen LogP contribution is 2.42. The summed E-state index contributed by atoms with van der Waals surface area (Å²) in [4.78, 5) is 33.2. The highest BCUT2D eigenvalue weighted by molar-refractivity contribution is 5.78. The lowest BCUT2D eigenvalue weighted by molar-refractivity contribution is -0.134. The van der Waals surface area contributed by atoms with Crippen LogP contribution in [0.25, 0.3) is 22.6 Å². The lowest BCUT2D eigenvalue weighted by atomic mass is 9.80. The fourth-order valence-corrected chi connectivity index (χ4v) is 6.88. The summed E-state index contributed by atoms with van der Waals surface area (Å²) >= 11 is 0. The first kappa shape index (κ1) is 33.0. The lowest BCUT2D eigenvalue weighted by Gasteiger charge is -2.38. The third kappa shape index (κ3) is 6.45. The van der Waals surface area contributed by atoms with Gasteiger partial charge < -0.3 is 28.6 Å². The van der Waals surface area contributed by atoms with Crippen LogP contribution in [0.2, 0.25) is 0 Å². The van der Waals surface area contributed by atoms with Crippen LogP contribution in [-0.4, -0.2) is 60.4 Å². The van der Waals surface area contributed by atoms with Gasteiger partial charge in [-0.2, -0.15) is 0 Å². The van der Waals surface area contributed by atoms with E-state index in [1.54, 1.807) is 31.3 Å². The number of hydrogen-bond donors (Lipinski definition) is 1. The van der Waals surface area contributed by atoms with Gasteiger partial charge in [0.25, 0.3) is 0 Å². The van der Waals surface area contributed by atoms with Gasteiger partial charge in [-0.05, 0) is 72.0 Å². The SMILES string of the molecule is COc1ccc(C(OC[C@@H]2C[C@@H](O)CN2C(=O)CCc2cc3nc4ccccc4oc-3cc2=O)(c2ccccc2)c2ccc(OC)cc2)cc1. The van der Waals surface area contributed by atoms with Gasteiger partial charge in [-0.3, -0.25) is 9.59 Å². The molecule has 254 valence electrons. The predicted molar refractivity (Wildman–Crippen MR) is 190 cm³/mol. The third-order valence-corrected chi connectivity index (χ3v) is 9.45. The monoisotopic (exact) mass is 670 g/mol. The van der Waals surface area contributed by atoms with E-state index in [1.807, 2.05) is 97.1 Å². The number of methoxy groups -OCH3 is 2. The fraction of sp³-hybridized carbons (Fsp3) is 0.244. The maximum Gasteiger partial charge on any atom is 0.223 e. The zero-order chi connectivity index (χ0) is 34.7. The number of aliphatic hydroxyl groups excluding tert-OH is 1. The maximum absolute atomic E-state index is 13.8. The van der Waals surface area contributed by atoms with Crippen LogP contribution in [0.15, 0.2) is 124 Å². The van der Waals surface area contributed by atoms with Crippen LogP contribution < -0.4 is 14.9 Å². The highest BCUT2D eigenvalue weighted by atomic mass is 16.5. The van der Waals surface area contributed by atoms with E-state index in [2.05, 4.69) is 4.98 Å². The second kappa shape index (κ2) is 14.2. The Bertz CT molecular complexity index is 2070. The van der Waals surface area contributed by atoms with E-state index in [-0.39, 0.29) is 37.3 Å². The van der Waals surface area contributed by atoms with Crippen molar-refractivity contribution >= 4 is 17.0 Å². The summed E-state index contributed by atoms with van der Waals surface area (Å²) in [5.41, 5.74) is 3.70. The predicted octanol–water partition coefficient (Wildman–Crippen LogP) is 6.21. The molecule has 3 aliphatic rings. The van der Waals surface area contributed by atoms with E-state index in [0.717, 1.165) is 16.7 Å². The zero-order valence-electron chi connectivity index (χ0n) is 28.0. The van der Waals surface area contributed by atoms with Crippen molar-refractivity contribution in [1.82, 2.24) is 9.88 Å². The van der Waals surface area contributed by atoms with Crippen LogP contribution in [-0.2, 0) is 21.6 Å². The zero-order valence-corrected chi connectivity index (χ0v) is 28.0. The number of rotatable bonds is 11. The molecule has 2 atom stereocenters. The first-order chi connectivity index (χ1) is 24.4. The van der Waals surface area contributed by atoms with Gasteiger partial charge in [0.05, 0.1) is 33.0 Å². The third-order valence-electron chi connectivity index (χ3n) is 9.45. The highest BCUT2D eigenvalue weighted by Gasteiger charge is 2.41. The molecule has 1 fully saturated rings. The van der Waals surface area contributed by atoms with Crippen LogP contribution in [0.1, 0.15) is 35.1 Å². The molecule has 0 spiro atoms. The van der Waals surface area contributed by atoms with E-state index >= 15 is 0 Å². The standard InChI is InChI=1S/C41H38N2O7/c1-47-33-17-13-29(14-18-33)41(28-8-4-3-5-9-28,30-15-19-34(48-2)20-16-30)49-26-31-23-32(44)25-43(31)40(46)21-12-27-22-36-39(24-37(27)45)50-38-11-7-6-10-35(38)42-36/h3-11,13-20,22,24,31-32,44H,12,21,23,25-26H2,1-2H3/t31-,32+/m0/s1. The maximum atomic E-state index is 13.8. The van der Waals surface area contributed by atoms with Crippen LogP contribution >= 0.6 is 0 Å². The van der Waals surface area contributed by atoms with E-state index in [1.165, 1.54) is 6.07 Å². The molecule has 9 nitrogen and oxygen atoms in total. The van der Waals surface area contributed by atoms with Crippen LogP contribution in [0.5, 0.6) is 11.5 Å². The minimum absolute atomic E-state index is 0.0927. The van der Waals surface area contributed by atoms with Gasteiger partial charge in [0.2, 0.25) is 5.91 Å². The quantitative estimate of drug-likeness (QED) is 0.128. The topological polar surface area (TPSA) is 111 Å². The number of hydrogen-bond acceptors (Lipinski definition) is 8. The number of aryl methyl sites for hydroxylation is 1. The Hall–Kier alpha value is -5.51. The Kier molecular flexibility index (Phi) is 9.34. The number of carbonyl (C=O) groups excluding carboxylic acids is 1. The van der Waals surface area contributed by atoms with Gasteiger partial charge in [0.15, 0.2) is 16.8 Å². The molecule has 0 saturated carbocycles. The number of likely N-dealkylation sites (tertiary alicyclic amines) is 1. The average Bonchev–Trinajstić information content (AvgIpc) is 3.54. The summed E-state index contributed by atoms with van der Waals surface area (Å²) in [6, 6.07) is 35.6. The molecule has 0 radical (unpaired) electrons. The first-order valence-corrected chi connectivity index (χ1v) is 16.7. The van der Waals surface area contributed by atoms with Crippen molar-refractivity contribution in [2.24, 2.45) is 0 Å².